The lowest BCUT2D eigenvalue weighted by Crippen LogP contribution is -2.45. The first-order valence-electron chi connectivity index (χ1n) is 10.4. The van der Waals surface area contributed by atoms with Crippen molar-refractivity contribution >= 4 is 27.5 Å². The van der Waals surface area contributed by atoms with Gasteiger partial charge in [0.2, 0.25) is 5.91 Å². The average Bonchev–Trinajstić information content (AvgIpc) is 3.16. The number of likely N-dealkylation sites (tertiary alicyclic amines) is 1. The molecule has 1 saturated heterocycles. The first-order valence-corrected chi connectivity index (χ1v) is 11.9. The molecule has 0 saturated carbocycles. The number of anilines is 1. The molecule has 0 bridgehead atoms. The van der Waals surface area contributed by atoms with Gasteiger partial charge in [0.05, 0.1) is 4.90 Å². The van der Waals surface area contributed by atoms with E-state index in [0.29, 0.717) is 41.9 Å². The quantitative estimate of drug-likeness (QED) is 0.717. The van der Waals surface area contributed by atoms with Crippen molar-refractivity contribution in [1.82, 2.24) is 10.2 Å². The van der Waals surface area contributed by atoms with Crippen LogP contribution in [0.2, 0.25) is 0 Å². The maximum absolute atomic E-state index is 13.1. The highest BCUT2D eigenvalue weighted by Gasteiger charge is 2.34. The Bertz CT molecular complexity index is 1090. The Morgan fingerprint density at radius 2 is 1.77 bits per heavy atom. The summed E-state index contributed by atoms with van der Waals surface area (Å²) in [5.41, 5.74) is 2.97. The lowest BCUT2D eigenvalue weighted by Gasteiger charge is -2.24. The molecule has 1 fully saturated rings. The first kappa shape index (κ1) is 22.8. The Hall–Kier alpha value is -2.87. The second-order valence-corrected chi connectivity index (χ2v) is 9.58. The predicted octanol–water partition coefficient (Wildman–Crippen LogP) is 3.15. The number of hydrogen-bond donors (Lipinski definition) is 2. The van der Waals surface area contributed by atoms with E-state index in [4.69, 9.17) is 0 Å². The van der Waals surface area contributed by atoms with Crippen molar-refractivity contribution in [1.29, 1.82) is 0 Å². The fourth-order valence-corrected chi connectivity index (χ4v) is 5.76. The highest BCUT2D eigenvalue weighted by Crippen LogP contribution is 2.26. The third-order valence-electron chi connectivity index (χ3n) is 5.40. The van der Waals surface area contributed by atoms with Gasteiger partial charge in [0, 0.05) is 24.3 Å². The lowest BCUT2D eigenvalue weighted by molar-refractivity contribution is -0.124. The molecule has 0 aromatic heterocycles. The highest BCUT2D eigenvalue weighted by atomic mass is 32.2. The van der Waals surface area contributed by atoms with Gasteiger partial charge in [-0.1, -0.05) is 23.8 Å². The predicted molar refractivity (Wildman–Crippen MR) is 121 cm³/mol. The Morgan fingerprint density at radius 1 is 1.10 bits per heavy atom. The molecule has 7 nitrogen and oxygen atoms in total. The molecule has 31 heavy (non-hydrogen) atoms. The second kappa shape index (κ2) is 9.09. The molecule has 2 aromatic rings. The van der Waals surface area contributed by atoms with E-state index < -0.39 is 16.1 Å². The molecule has 1 aliphatic heterocycles. The minimum Gasteiger partial charge on any atom is -0.355 e. The van der Waals surface area contributed by atoms with E-state index in [1.807, 2.05) is 26.0 Å². The van der Waals surface area contributed by atoms with Crippen molar-refractivity contribution in [3.8, 4) is 0 Å². The van der Waals surface area contributed by atoms with E-state index >= 15 is 0 Å². The Labute approximate surface area is 183 Å². The van der Waals surface area contributed by atoms with Gasteiger partial charge in [0.25, 0.3) is 15.9 Å². The number of benzene rings is 2. The maximum Gasteiger partial charge on any atom is 0.262 e. The van der Waals surface area contributed by atoms with Crippen LogP contribution in [-0.4, -0.2) is 44.3 Å². The zero-order chi connectivity index (χ0) is 22.8. The number of nitrogens with zero attached hydrogens (tertiary/aromatic N) is 1. The third kappa shape index (κ3) is 4.90. The van der Waals surface area contributed by atoms with Crippen LogP contribution in [0.4, 0.5) is 5.69 Å². The van der Waals surface area contributed by atoms with Crippen molar-refractivity contribution in [3.05, 3.63) is 58.7 Å². The van der Waals surface area contributed by atoms with Gasteiger partial charge in [0.1, 0.15) is 6.04 Å². The largest absolute Gasteiger partial charge is 0.355 e. The number of carbonyl (C=O) groups is 2. The van der Waals surface area contributed by atoms with Crippen LogP contribution in [0.3, 0.4) is 0 Å². The van der Waals surface area contributed by atoms with Crippen LogP contribution in [0.5, 0.6) is 0 Å². The number of aryl methyl sites for hydroxylation is 3. The molecule has 166 valence electrons. The van der Waals surface area contributed by atoms with E-state index in [2.05, 4.69) is 10.0 Å². The van der Waals surface area contributed by atoms with E-state index in [1.54, 1.807) is 36.9 Å². The average molecular weight is 444 g/mol. The van der Waals surface area contributed by atoms with Crippen LogP contribution >= 0.6 is 0 Å². The van der Waals surface area contributed by atoms with E-state index in [1.165, 1.54) is 6.07 Å². The van der Waals surface area contributed by atoms with Crippen LogP contribution in [-0.2, 0) is 14.8 Å². The summed E-state index contributed by atoms with van der Waals surface area (Å²) in [4.78, 5) is 27.2. The second-order valence-electron chi connectivity index (χ2n) is 7.97. The molecular formula is C23H29N3O4S. The topological polar surface area (TPSA) is 95.6 Å². The number of sulfonamides is 1. The molecule has 2 aromatic carbocycles. The fourth-order valence-electron chi connectivity index (χ4n) is 4.25. The van der Waals surface area contributed by atoms with Gasteiger partial charge in [-0.3, -0.25) is 14.3 Å². The summed E-state index contributed by atoms with van der Waals surface area (Å²) in [7, 11) is -3.82. The lowest BCUT2D eigenvalue weighted by atomic mass is 10.1. The molecule has 3 rings (SSSR count). The van der Waals surface area contributed by atoms with Gasteiger partial charge in [0.15, 0.2) is 0 Å². The van der Waals surface area contributed by atoms with Gasteiger partial charge >= 0.3 is 0 Å². The zero-order valence-corrected chi connectivity index (χ0v) is 19.2. The number of amides is 2. The van der Waals surface area contributed by atoms with Gasteiger partial charge in [-0.05, 0) is 69.9 Å². The monoisotopic (exact) mass is 443 g/mol. The third-order valence-corrected chi connectivity index (χ3v) is 7.09. The number of carbonyl (C=O) groups excluding carboxylic acids is 2. The number of rotatable bonds is 6. The zero-order valence-electron chi connectivity index (χ0n) is 18.4. The van der Waals surface area contributed by atoms with Crippen LogP contribution < -0.4 is 10.0 Å². The number of nitrogens with one attached hydrogen (secondary N) is 2. The van der Waals surface area contributed by atoms with Crippen molar-refractivity contribution < 1.29 is 18.0 Å². The summed E-state index contributed by atoms with van der Waals surface area (Å²) in [6, 6.07) is 9.56. The Morgan fingerprint density at radius 3 is 2.42 bits per heavy atom. The molecule has 1 heterocycles. The van der Waals surface area contributed by atoms with Crippen LogP contribution in [0, 0.1) is 20.8 Å². The standard InChI is InChI=1S/C23H29N3O4S/c1-5-24-22(27)20-10-7-11-26(20)23(28)18-8-6-9-19(14-18)25-31(29,30)21-16(3)12-15(2)13-17(21)4/h6,8-9,12-14,20,25H,5,7,10-11H2,1-4H3,(H,24,27). The minimum atomic E-state index is -3.82. The molecule has 8 heteroatoms. The molecule has 1 unspecified atom stereocenters. The molecule has 0 spiro atoms. The van der Waals surface area contributed by atoms with Crippen LogP contribution in [0.25, 0.3) is 0 Å². The van der Waals surface area contributed by atoms with Gasteiger partial charge in [-0.2, -0.15) is 0 Å². The first-order chi connectivity index (χ1) is 14.6. The summed E-state index contributed by atoms with van der Waals surface area (Å²) in [5, 5.41) is 2.77. The smallest absolute Gasteiger partial charge is 0.262 e. The summed E-state index contributed by atoms with van der Waals surface area (Å²) in [6.45, 7) is 8.30. The summed E-state index contributed by atoms with van der Waals surface area (Å²) in [6.07, 6.45) is 1.38. The minimum absolute atomic E-state index is 0.157. The number of likely N-dealkylation sites (N-methyl/N-ethyl adjacent to an activating group) is 1. The van der Waals surface area contributed by atoms with Gasteiger partial charge < -0.3 is 10.2 Å². The van der Waals surface area contributed by atoms with Gasteiger partial charge in [-0.25, -0.2) is 8.42 Å². The molecule has 0 aliphatic carbocycles. The fraction of sp³-hybridized carbons (Fsp3) is 0.391. The molecule has 2 amide bonds. The van der Waals surface area contributed by atoms with E-state index in [-0.39, 0.29) is 16.7 Å². The summed E-state index contributed by atoms with van der Waals surface area (Å²) >= 11 is 0. The van der Waals surface area contributed by atoms with Crippen LogP contribution in [0.15, 0.2) is 41.3 Å². The molecular weight excluding hydrogens is 414 g/mol. The normalized spacial score (nSPS) is 16.3. The molecule has 0 radical (unpaired) electrons. The molecule has 1 aliphatic rings. The molecule has 2 N–H and O–H groups in total. The van der Waals surface area contributed by atoms with E-state index in [9.17, 15) is 18.0 Å². The van der Waals surface area contributed by atoms with Crippen molar-refractivity contribution in [3.63, 3.8) is 0 Å². The van der Waals surface area contributed by atoms with E-state index in [0.717, 1.165) is 12.0 Å². The summed E-state index contributed by atoms with van der Waals surface area (Å²) in [5.74, 6) is -0.437. The summed E-state index contributed by atoms with van der Waals surface area (Å²) < 4.78 is 28.7. The van der Waals surface area contributed by atoms with Crippen LogP contribution in [0.1, 0.15) is 46.8 Å². The maximum atomic E-state index is 13.1. The molecule has 1 atom stereocenters. The van der Waals surface area contributed by atoms with Crippen molar-refractivity contribution in [2.75, 3.05) is 17.8 Å². The van der Waals surface area contributed by atoms with Crippen molar-refractivity contribution in [2.24, 2.45) is 0 Å². The Balaban J connectivity index is 1.85. The van der Waals surface area contributed by atoms with Gasteiger partial charge in [-0.15, -0.1) is 0 Å². The number of hydrogen-bond acceptors (Lipinski definition) is 4. The highest BCUT2D eigenvalue weighted by molar-refractivity contribution is 7.92. The SMILES string of the molecule is CCNC(=O)C1CCCN1C(=O)c1cccc(NS(=O)(=O)c2c(C)cc(C)cc2C)c1. The Kier molecular flexibility index (Phi) is 6.69. The van der Waals surface area contributed by atoms with Crippen molar-refractivity contribution in [2.45, 2.75) is 51.5 Å².